The van der Waals surface area contributed by atoms with E-state index in [-0.39, 0.29) is 23.8 Å². The number of hydrogen-bond donors (Lipinski definition) is 1. The van der Waals surface area contributed by atoms with E-state index in [0.717, 1.165) is 22.3 Å². The molecule has 0 heterocycles. The molecule has 0 aliphatic carbocycles. The summed E-state index contributed by atoms with van der Waals surface area (Å²) in [7, 11) is 0. The van der Waals surface area contributed by atoms with Gasteiger partial charge in [0, 0.05) is 18.5 Å². The summed E-state index contributed by atoms with van der Waals surface area (Å²) in [6.45, 7) is 14.4. The lowest BCUT2D eigenvalue weighted by molar-refractivity contribution is -0.143. The monoisotopic (exact) mass is 514 g/mol. The van der Waals surface area contributed by atoms with Crippen LogP contribution in [-0.4, -0.2) is 34.9 Å². The van der Waals surface area contributed by atoms with Gasteiger partial charge in [-0.25, -0.2) is 0 Å². The maximum Gasteiger partial charge on any atom is 0.261 e. The first-order valence-electron chi connectivity index (χ1n) is 13.3. The maximum absolute atomic E-state index is 13.9. The summed E-state index contributed by atoms with van der Waals surface area (Å²) in [5, 5.41) is 3.10. The van der Waals surface area contributed by atoms with Crippen molar-refractivity contribution in [2.24, 2.45) is 0 Å². The molecule has 5 heteroatoms. The Morgan fingerprint density at radius 1 is 0.816 bits per heavy atom. The third kappa shape index (κ3) is 8.47. The Bertz CT molecular complexity index is 1210. The zero-order valence-corrected chi connectivity index (χ0v) is 23.9. The quantitative estimate of drug-likeness (QED) is 0.368. The van der Waals surface area contributed by atoms with Crippen molar-refractivity contribution in [2.45, 2.75) is 78.4 Å². The molecule has 0 fully saturated rings. The third-order valence-corrected chi connectivity index (χ3v) is 6.29. The Balaban J connectivity index is 1.95. The third-order valence-electron chi connectivity index (χ3n) is 6.29. The summed E-state index contributed by atoms with van der Waals surface area (Å²) in [4.78, 5) is 29.2. The number of aryl methyl sites for hydroxylation is 1. The second kappa shape index (κ2) is 12.3. The number of para-hydroxylation sites is 1. The molecule has 0 saturated heterocycles. The molecule has 0 aliphatic rings. The van der Waals surface area contributed by atoms with Gasteiger partial charge in [0.15, 0.2) is 6.61 Å². The van der Waals surface area contributed by atoms with E-state index in [0.29, 0.717) is 18.7 Å². The number of carbonyl (C=O) groups excluding carboxylic acids is 2. The summed E-state index contributed by atoms with van der Waals surface area (Å²) in [6, 6.07) is 25.0. The molecule has 1 atom stereocenters. The van der Waals surface area contributed by atoms with Crippen molar-refractivity contribution < 1.29 is 14.3 Å². The molecule has 0 aromatic heterocycles. The summed E-state index contributed by atoms with van der Waals surface area (Å²) >= 11 is 0. The molecule has 0 spiro atoms. The van der Waals surface area contributed by atoms with E-state index in [1.54, 1.807) is 4.90 Å². The first-order valence-corrected chi connectivity index (χ1v) is 13.3. The topological polar surface area (TPSA) is 58.6 Å². The molecule has 0 saturated carbocycles. The van der Waals surface area contributed by atoms with Crippen molar-refractivity contribution in [1.29, 1.82) is 0 Å². The molecule has 2 amide bonds. The Labute approximate surface area is 228 Å². The molecular weight excluding hydrogens is 472 g/mol. The highest BCUT2D eigenvalue weighted by Gasteiger charge is 2.32. The number of nitrogens with zero attached hydrogens (tertiary/aromatic N) is 1. The molecule has 0 unspecified atom stereocenters. The molecule has 3 aromatic rings. The Kier molecular flexibility index (Phi) is 9.37. The fraction of sp³-hybridized carbons (Fsp3) is 0.394. The second-order valence-corrected chi connectivity index (χ2v) is 12.0. The van der Waals surface area contributed by atoms with E-state index >= 15 is 0 Å². The Hall–Kier alpha value is -3.60. The minimum Gasteiger partial charge on any atom is -0.483 e. The van der Waals surface area contributed by atoms with Gasteiger partial charge in [-0.05, 0) is 55.9 Å². The van der Waals surface area contributed by atoms with Gasteiger partial charge in [0.25, 0.3) is 5.91 Å². The van der Waals surface area contributed by atoms with Crippen LogP contribution in [-0.2, 0) is 28.0 Å². The zero-order chi connectivity index (χ0) is 27.9. The average molecular weight is 515 g/mol. The van der Waals surface area contributed by atoms with Gasteiger partial charge in [-0.1, -0.05) is 99.1 Å². The lowest BCUT2D eigenvalue weighted by atomic mass is 9.86. The minimum absolute atomic E-state index is 0.135. The van der Waals surface area contributed by atoms with Crippen LogP contribution in [0, 0.1) is 6.92 Å². The van der Waals surface area contributed by atoms with E-state index in [1.807, 2.05) is 107 Å². The van der Waals surface area contributed by atoms with E-state index in [4.69, 9.17) is 4.74 Å². The van der Waals surface area contributed by atoms with E-state index in [2.05, 4.69) is 26.1 Å². The van der Waals surface area contributed by atoms with Gasteiger partial charge < -0.3 is 15.0 Å². The number of ether oxygens (including phenoxy) is 1. The average Bonchev–Trinajstić information content (AvgIpc) is 2.85. The largest absolute Gasteiger partial charge is 0.483 e. The van der Waals surface area contributed by atoms with Gasteiger partial charge >= 0.3 is 0 Å². The molecular formula is C33H42N2O3. The van der Waals surface area contributed by atoms with Crippen LogP contribution in [0.25, 0.3) is 0 Å². The van der Waals surface area contributed by atoms with Gasteiger partial charge in [-0.2, -0.15) is 0 Å². The number of benzene rings is 3. The normalized spacial score (nSPS) is 12.5. The molecule has 3 rings (SSSR count). The second-order valence-electron chi connectivity index (χ2n) is 12.0. The van der Waals surface area contributed by atoms with Crippen molar-refractivity contribution >= 4 is 11.8 Å². The van der Waals surface area contributed by atoms with Gasteiger partial charge in [-0.3, -0.25) is 9.59 Å². The predicted molar refractivity (Wildman–Crippen MR) is 154 cm³/mol. The molecule has 202 valence electrons. The fourth-order valence-electron chi connectivity index (χ4n) is 4.33. The first-order chi connectivity index (χ1) is 17.8. The zero-order valence-electron chi connectivity index (χ0n) is 23.9. The van der Waals surface area contributed by atoms with Crippen LogP contribution in [0.4, 0.5) is 0 Å². The number of amides is 2. The highest BCUT2D eigenvalue weighted by molar-refractivity contribution is 5.89. The number of rotatable bonds is 9. The van der Waals surface area contributed by atoms with Gasteiger partial charge in [0.2, 0.25) is 5.91 Å². The molecule has 0 radical (unpaired) electrons. The van der Waals surface area contributed by atoms with Crippen LogP contribution >= 0.6 is 0 Å². The smallest absolute Gasteiger partial charge is 0.261 e. The molecule has 0 bridgehead atoms. The predicted octanol–water partition coefficient (Wildman–Crippen LogP) is 6.23. The van der Waals surface area contributed by atoms with Crippen molar-refractivity contribution in [3.8, 4) is 5.75 Å². The van der Waals surface area contributed by atoms with Crippen LogP contribution in [0.1, 0.15) is 63.8 Å². The number of nitrogens with one attached hydrogen (secondary N) is 1. The summed E-state index contributed by atoms with van der Waals surface area (Å²) in [5.41, 5.74) is 3.54. The first kappa shape index (κ1) is 29.0. The lowest BCUT2D eigenvalue weighted by Crippen LogP contribution is -2.55. The van der Waals surface area contributed by atoms with E-state index < -0.39 is 11.6 Å². The molecule has 3 aromatic carbocycles. The SMILES string of the molecule is Cc1ccc(CN(C(=O)COc2ccccc2C(C)(C)C)[C@@H](Cc2ccccc2)C(=O)NC(C)(C)C)cc1. The molecule has 1 N–H and O–H groups in total. The van der Waals surface area contributed by atoms with Crippen LogP contribution < -0.4 is 10.1 Å². The summed E-state index contributed by atoms with van der Waals surface area (Å²) in [6.07, 6.45) is 0.402. The van der Waals surface area contributed by atoms with Crippen molar-refractivity contribution in [2.75, 3.05) is 6.61 Å². The molecule has 5 nitrogen and oxygen atoms in total. The molecule has 38 heavy (non-hydrogen) atoms. The van der Waals surface area contributed by atoms with Crippen LogP contribution in [0.5, 0.6) is 5.75 Å². The van der Waals surface area contributed by atoms with E-state index in [1.165, 1.54) is 0 Å². The van der Waals surface area contributed by atoms with Crippen LogP contribution in [0.3, 0.4) is 0 Å². The highest BCUT2D eigenvalue weighted by Crippen LogP contribution is 2.31. The summed E-state index contributed by atoms with van der Waals surface area (Å²) in [5.74, 6) is 0.263. The van der Waals surface area contributed by atoms with Crippen molar-refractivity contribution in [3.05, 3.63) is 101 Å². The van der Waals surface area contributed by atoms with Crippen LogP contribution in [0.15, 0.2) is 78.9 Å². The Morgan fingerprint density at radius 3 is 2.03 bits per heavy atom. The Morgan fingerprint density at radius 2 is 1.42 bits per heavy atom. The highest BCUT2D eigenvalue weighted by atomic mass is 16.5. The summed E-state index contributed by atoms with van der Waals surface area (Å²) < 4.78 is 6.12. The van der Waals surface area contributed by atoms with Gasteiger partial charge in [-0.15, -0.1) is 0 Å². The fourth-order valence-corrected chi connectivity index (χ4v) is 4.33. The standard InChI is InChI=1S/C33H42N2O3/c1-24-17-19-26(20-18-24)22-35(30(36)23-38-29-16-12-11-15-27(29)32(2,3)4)28(31(37)34-33(5,6)7)21-25-13-9-8-10-14-25/h8-20,28H,21-23H2,1-7H3,(H,34,37)/t28-/m0/s1. The van der Waals surface area contributed by atoms with Crippen molar-refractivity contribution in [1.82, 2.24) is 10.2 Å². The lowest BCUT2D eigenvalue weighted by Gasteiger charge is -2.34. The van der Waals surface area contributed by atoms with E-state index in [9.17, 15) is 9.59 Å². The minimum atomic E-state index is -0.702. The van der Waals surface area contributed by atoms with Crippen LogP contribution in [0.2, 0.25) is 0 Å². The van der Waals surface area contributed by atoms with Crippen molar-refractivity contribution in [3.63, 3.8) is 0 Å². The van der Waals surface area contributed by atoms with Gasteiger partial charge in [0.05, 0.1) is 0 Å². The molecule has 0 aliphatic heterocycles. The number of carbonyl (C=O) groups is 2. The van der Waals surface area contributed by atoms with Gasteiger partial charge in [0.1, 0.15) is 11.8 Å². The maximum atomic E-state index is 13.9. The number of hydrogen-bond acceptors (Lipinski definition) is 3.